The summed E-state index contributed by atoms with van der Waals surface area (Å²) in [4.78, 5) is 13.7. The second kappa shape index (κ2) is 4.91. The van der Waals surface area contributed by atoms with Crippen molar-refractivity contribution in [3.8, 4) is 11.4 Å². The van der Waals surface area contributed by atoms with Crippen LogP contribution < -0.4 is 5.73 Å². The van der Waals surface area contributed by atoms with Crippen LogP contribution in [0.5, 0.6) is 0 Å². The van der Waals surface area contributed by atoms with Crippen LogP contribution in [0.1, 0.15) is 24.5 Å². The zero-order valence-corrected chi connectivity index (χ0v) is 13.4. The Kier molecular flexibility index (Phi) is 3.02. The Labute approximate surface area is 136 Å². The predicted octanol–water partition coefficient (Wildman–Crippen LogP) is 3.76. The first-order valence-corrected chi connectivity index (χ1v) is 7.99. The molecule has 0 spiro atoms. The van der Waals surface area contributed by atoms with Crippen LogP contribution in [-0.2, 0) is 0 Å². The van der Waals surface area contributed by atoms with Crippen molar-refractivity contribution in [1.29, 1.82) is 0 Å². The summed E-state index contributed by atoms with van der Waals surface area (Å²) in [5.74, 6) is 1.79. The Morgan fingerprint density at radius 2 is 1.90 bits per heavy atom. The SMILES string of the molecule is Nc1nc(-c2cccc3cccnc23)nc(C2CC2)c1I. The zero-order chi connectivity index (χ0) is 14.4. The van der Waals surface area contributed by atoms with E-state index in [-0.39, 0.29) is 0 Å². The Balaban J connectivity index is 1.96. The van der Waals surface area contributed by atoms with Crippen LogP contribution in [0, 0.1) is 3.57 Å². The molecule has 1 aliphatic carbocycles. The molecule has 1 fully saturated rings. The Bertz CT molecular complexity index is 838. The number of aromatic nitrogens is 3. The highest BCUT2D eigenvalue weighted by atomic mass is 127. The van der Waals surface area contributed by atoms with Crippen LogP contribution in [0.2, 0.25) is 0 Å². The van der Waals surface area contributed by atoms with Crippen LogP contribution in [0.3, 0.4) is 0 Å². The quantitative estimate of drug-likeness (QED) is 0.680. The van der Waals surface area contributed by atoms with Crippen molar-refractivity contribution in [2.45, 2.75) is 18.8 Å². The van der Waals surface area contributed by atoms with Gasteiger partial charge in [0.1, 0.15) is 5.82 Å². The lowest BCUT2D eigenvalue weighted by Crippen LogP contribution is -2.04. The first-order chi connectivity index (χ1) is 10.2. The number of hydrogen-bond donors (Lipinski definition) is 1. The van der Waals surface area contributed by atoms with E-state index in [9.17, 15) is 0 Å². The Morgan fingerprint density at radius 3 is 2.71 bits per heavy atom. The van der Waals surface area contributed by atoms with Gasteiger partial charge >= 0.3 is 0 Å². The molecule has 0 bridgehead atoms. The third-order valence-electron chi connectivity index (χ3n) is 3.74. The van der Waals surface area contributed by atoms with Gasteiger partial charge in [-0.15, -0.1) is 0 Å². The second-order valence-corrected chi connectivity index (χ2v) is 6.37. The van der Waals surface area contributed by atoms with E-state index in [0.29, 0.717) is 17.6 Å². The number of hydrogen-bond acceptors (Lipinski definition) is 4. The van der Waals surface area contributed by atoms with Crippen molar-refractivity contribution in [2.24, 2.45) is 0 Å². The zero-order valence-electron chi connectivity index (χ0n) is 11.3. The van der Waals surface area contributed by atoms with Crippen molar-refractivity contribution in [3.63, 3.8) is 0 Å². The Hall–Kier alpha value is -1.76. The van der Waals surface area contributed by atoms with Gasteiger partial charge in [0.25, 0.3) is 0 Å². The molecule has 0 amide bonds. The van der Waals surface area contributed by atoms with Gasteiger partial charge in [0.05, 0.1) is 14.8 Å². The van der Waals surface area contributed by atoms with Gasteiger partial charge in [0.15, 0.2) is 5.82 Å². The van der Waals surface area contributed by atoms with Crippen LogP contribution in [0.25, 0.3) is 22.3 Å². The topological polar surface area (TPSA) is 64.7 Å². The number of pyridine rings is 1. The molecule has 0 aliphatic heterocycles. The third-order valence-corrected chi connectivity index (χ3v) is 4.85. The third kappa shape index (κ3) is 2.25. The molecule has 1 saturated carbocycles. The van der Waals surface area contributed by atoms with Crippen molar-refractivity contribution in [3.05, 3.63) is 45.8 Å². The molecule has 2 heterocycles. The lowest BCUT2D eigenvalue weighted by Gasteiger charge is -2.09. The Morgan fingerprint density at radius 1 is 1.10 bits per heavy atom. The van der Waals surface area contributed by atoms with E-state index < -0.39 is 0 Å². The monoisotopic (exact) mass is 388 g/mol. The summed E-state index contributed by atoms with van der Waals surface area (Å²) in [5.41, 5.74) is 9.04. The normalized spacial score (nSPS) is 14.5. The fraction of sp³-hybridized carbons (Fsp3) is 0.188. The molecule has 4 nitrogen and oxygen atoms in total. The average Bonchev–Trinajstić information content (AvgIpc) is 3.34. The van der Waals surface area contributed by atoms with Gasteiger partial charge in [-0.1, -0.05) is 18.2 Å². The smallest absolute Gasteiger partial charge is 0.164 e. The van der Waals surface area contributed by atoms with E-state index in [4.69, 9.17) is 10.7 Å². The van der Waals surface area contributed by atoms with E-state index in [2.05, 4.69) is 32.6 Å². The summed E-state index contributed by atoms with van der Waals surface area (Å²) >= 11 is 2.25. The lowest BCUT2D eigenvalue weighted by molar-refractivity contribution is 0.983. The minimum absolute atomic E-state index is 0.545. The fourth-order valence-electron chi connectivity index (χ4n) is 2.51. The van der Waals surface area contributed by atoms with Crippen molar-refractivity contribution in [2.75, 3.05) is 5.73 Å². The maximum atomic E-state index is 6.09. The number of nitrogens with two attached hydrogens (primary N) is 1. The van der Waals surface area contributed by atoms with E-state index in [0.717, 1.165) is 25.7 Å². The first kappa shape index (κ1) is 12.9. The summed E-state index contributed by atoms with van der Waals surface area (Å²) in [6, 6.07) is 10.0. The molecular weight excluding hydrogens is 375 g/mol. The average molecular weight is 388 g/mol. The highest BCUT2D eigenvalue weighted by molar-refractivity contribution is 14.1. The fourth-order valence-corrected chi connectivity index (χ4v) is 3.20. The molecule has 104 valence electrons. The minimum Gasteiger partial charge on any atom is -0.383 e. The van der Waals surface area contributed by atoms with Gasteiger partial charge in [-0.25, -0.2) is 9.97 Å². The van der Waals surface area contributed by atoms with Crippen LogP contribution >= 0.6 is 22.6 Å². The molecule has 1 aliphatic rings. The first-order valence-electron chi connectivity index (χ1n) is 6.91. The van der Waals surface area contributed by atoms with Crippen molar-refractivity contribution >= 4 is 39.3 Å². The van der Waals surface area contributed by atoms with Gasteiger partial charge in [-0.2, -0.15) is 0 Å². The molecule has 3 aromatic rings. The number of rotatable bonds is 2. The van der Waals surface area contributed by atoms with Gasteiger partial charge in [-0.3, -0.25) is 4.98 Å². The van der Waals surface area contributed by atoms with E-state index in [1.165, 1.54) is 12.8 Å². The van der Waals surface area contributed by atoms with E-state index in [1.807, 2.05) is 30.3 Å². The van der Waals surface area contributed by atoms with Gasteiger partial charge in [0.2, 0.25) is 0 Å². The highest BCUT2D eigenvalue weighted by Crippen LogP contribution is 2.42. The number of nitrogens with zero attached hydrogens (tertiary/aromatic N) is 3. The molecule has 2 N–H and O–H groups in total. The molecule has 2 aromatic heterocycles. The molecule has 0 unspecified atom stereocenters. The highest BCUT2D eigenvalue weighted by Gasteiger charge is 2.29. The summed E-state index contributed by atoms with van der Waals surface area (Å²) in [6.07, 6.45) is 4.18. The maximum Gasteiger partial charge on any atom is 0.164 e. The van der Waals surface area contributed by atoms with E-state index >= 15 is 0 Å². The van der Waals surface area contributed by atoms with Crippen LogP contribution in [-0.4, -0.2) is 15.0 Å². The number of halogens is 1. The van der Waals surface area contributed by atoms with Gasteiger partial charge < -0.3 is 5.73 Å². The molecule has 5 heteroatoms. The van der Waals surface area contributed by atoms with Gasteiger partial charge in [-0.05, 0) is 47.6 Å². The summed E-state index contributed by atoms with van der Waals surface area (Å²) in [6.45, 7) is 0. The molecular formula is C16H13IN4. The van der Waals surface area contributed by atoms with Crippen LogP contribution in [0.4, 0.5) is 5.82 Å². The summed E-state index contributed by atoms with van der Waals surface area (Å²) in [7, 11) is 0. The number of anilines is 1. The molecule has 0 radical (unpaired) electrons. The number of fused-ring (bicyclic) bond motifs is 1. The van der Waals surface area contributed by atoms with Crippen LogP contribution in [0.15, 0.2) is 36.5 Å². The lowest BCUT2D eigenvalue weighted by atomic mass is 10.1. The molecule has 4 rings (SSSR count). The molecule has 0 saturated heterocycles. The van der Waals surface area contributed by atoms with E-state index in [1.54, 1.807) is 6.20 Å². The standard InChI is InChI=1S/C16H13IN4/c17-12-14(10-6-7-10)20-16(21-15(12)18)11-5-1-3-9-4-2-8-19-13(9)11/h1-5,8,10H,6-7H2,(H2,18,20,21). The largest absolute Gasteiger partial charge is 0.383 e. The van der Waals surface area contributed by atoms with Gasteiger partial charge in [0, 0.05) is 23.1 Å². The summed E-state index contributed by atoms with van der Waals surface area (Å²) in [5, 5.41) is 1.09. The van der Waals surface area contributed by atoms with Crippen molar-refractivity contribution in [1.82, 2.24) is 15.0 Å². The predicted molar refractivity (Wildman–Crippen MR) is 91.9 cm³/mol. The molecule has 21 heavy (non-hydrogen) atoms. The molecule has 1 aromatic carbocycles. The van der Waals surface area contributed by atoms with Crippen molar-refractivity contribution < 1.29 is 0 Å². The minimum atomic E-state index is 0.545. The number of para-hydroxylation sites is 1. The maximum absolute atomic E-state index is 6.09. The summed E-state index contributed by atoms with van der Waals surface area (Å²) < 4.78 is 0.993. The number of benzene rings is 1. The molecule has 0 atom stereocenters. The number of nitrogen functional groups attached to an aromatic ring is 1. The second-order valence-electron chi connectivity index (χ2n) is 5.29.